The molecule has 1 atom stereocenters. The highest BCUT2D eigenvalue weighted by atomic mass is 35.5. The van der Waals surface area contributed by atoms with Gasteiger partial charge in [-0.05, 0) is 31.2 Å². The Morgan fingerprint density at radius 1 is 1.23 bits per heavy atom. The van der Waals surface area contributed by atoms with E-state index in [1.807, 2.05) is 6.07 Å². The van der Waals surface area contributed by atoms with Crippen LogP contribution in [0.5, 0.6) is 17.2 Å². The third kappa shape index (κ3) is 4.19. The monoisotopic (exact) mass is 372 g/mol. The SMILES string of the molecule is CC(Oc1ccc(C#N)cc1)C(=O)Nc1cc2c(cc1Cl)OCCCO2. The number of rotatable bonds is 4. The molecule has 2 aromatic rings. The van der Waals surface area contributed by atoms with E-state index in [2.05, 4.69) is 5.32 Å². The van der Waals surface area contributed by atoms with E-state index in [1.54, 1.807) is 43.3 Å². The number of nitrogens with zero attached hydrogens (tertiary/aromatic N) is 1. The van der Waals surface area contributed by atoms with Crippen LogP contribution in [0.3, 0.4) is 0 Å². The molecule has 3 rings (SSSR count). The fourth-order valence-corrected chi connectivity index (χ4v) is 2.58. The van der Waals surface area contributed by atoms with E-state index >= 15 is 0 Å². The lowest BCUT2D eigenvalue weighted by Crippen LogP contribution is -2.30. The minimum atomic E-state index is -0.755. The lowest BCUT2D eigenvalue weighted by molar-refractivity contribution is -0.122. The summed E-state index contributed by atoms with van der Waals surface area (Å²) in [5.74, 6) is 1.25. The van der Waals surface area contributed by atoms with Crippen molar-refractivity contribution < 1.29 is 19.0 Å². The molecule has 1 unspecified atom stereocenters. The van der Waals surface area contributed by atoms with Gasteiger partial charge in [-0.2, -0.15) is 5.26 Å². The zero-order chi connectivity index (χ0) is 18.5. The van der Waals surface area contributed by atoms with Crippen molar-refractivity contribution in [1.82, 2.24) is 0 Å². The van der Waals surface area contributed by atoms with Gasteiger partial charge in [-0.3, -0.25) is 4.79 Å². The molecule has 0 aromatic heterocycles. The van der Waals surface area contributed by atoms with E-state index < -0.39 is 6.10 Å². The van der Waals surface area contributed by atoms with Gasteiger partial charge in [0, 0.05) is 18.6 Å². The fraction of sp³-hybridized carbons (Fsp3) is 0.263. The Balaban J connectivity index is 1.68. The quantitative estimate of drug-likeness (QED) is 0.883. The number of fused-ring (bicyclic) bond motifs is 1. The highest BCUT2D eigenvalue weighted by molar-refractivity contribution is 6.34. The van der Waals surface area contributed by atoms with Crippen LogP contribution < -0.4 is 19.5 Å². The molecule has 0 aliphatic carbocycles. The van der Waals surface area contributed by atoms with Crippen LogP contribution in [0, 0.1) is 11.3 Å². The van der Waals surface area contributed by atoms with Crippen LogP contribution >= 0.6 is 11.6 Å². The summed E-state index contributed by atoms with van der Waals surface area (Å²) in [4.78, 5) is 12.4. The highest BCUT2D eigenvalue weighted by Crippen LogP contribution is 2.37. The first-order chi connectivity index (χ1) is 12.6. The van der Waals surface area contributed by atoms with E-state index in [0.717, 1.165) is 6.42 Å². The maximum absolute atomic E-state index is 12.4. The molecule has 2 aromatic carbocycles. The first kappa shape index (κ1) is 17.9. The second kappa shape index (κ2) is 7.98. The molecule has 0 spiro atoms. The molecular weight excluding hydrogens is 356 g/mol. The first-order valence-electron chi connectivity index (χ1n) is 8.13. The summed E-state index contributed by atoms with van der Waals surface area (Å²) in [6, 6.07) is 11.8. The van der Waals surface area contributed by atoms with E-state index in [0.29, 0.717) is 46.7 Å². The Morgan fingerprint density at radius 3 is 2.54 bits per heavy atom. The summed E-state index contributed by atoms with van der Waals surface area (Å²) in [5, 5.41) is 11.9. The standard InChI is InChI=1S/C19H17ClN2O4/c1-12(26-14-5-3-13(11-21)4-6-14)19(23)22-16-10-18-17(9-15(16)20)24-7-2-8-25-18/h3-6,9-10,12H,2,7-8H2,1H3,(H,22,23). The predicted molar refractivity (Wildman–Crippen MR) is 96.9 cm³/mol. The summed E-state index contributed by atoms with van der Waals surface area (Å²) in [6.07, 6.45) is 0.0266. The fourth-order valence-electron chi connectivity index (χ4n) is 2.38. The molecule has 0 saturated heterocycles. The number of nitrogens with one attached hydrogen (secondary N) is 1. The van der Waals surface area contributed by atoms with Crippen LogP contribution in [0.1, 0.15) is 18.9 Å². The number of carbonyl (C=O) groups excluding carboxylic acids is 1. The number of halogens is 1. The second-order valence-corrected chi connectivity index (χ2v) is 6.12. The number of hydrogen-bond acceptors (Lipinski definition) is 5. The normalized spacial score (nSPS) is 13.9. The summed E-state index contributed by atoms with van der Waals surface area (Å²) in [7, 11) is 0. The van der Waals surface area contributed by atoms with E-state index in [1.165, 1.54) is 0 Å². The van der Waals surface area contributed by atoms with Crippen LogP contribution in [-0.2, 0) is 4.79 Å². The molecule has 0 saturated carbocycles. The number of anilines is 1. The number of benzene rings is 2. The van der Waals surface area contributed by atoms with Crippen LogP contribution in [0.25, 0.3) is 0 Å². The molecule has 7 heteroatoms. The van der Waals surface area contributed by atoms with E-state index in [4.69, 9.17) is 31.1 Å². The molecule has 0 bridgehead atoms. The highest BCUT2D eigenvalue weighted by Gasteiger charge is 2.19. The molecule has 134 valence electrons. The van der Waals surface area contributed by atoms with Gasteiger partial charge in [0.05, 0.1) is 35.6 Å². The number of carbonyl (C=O) groups is 1. The molecular formula is C19H17ClN2O4. The van der Waals surface area contributed by atoms with Crippen LogP contribution in [0.4, 0.5) is 5.69 Å². The molecule has 1 aliphatic heterocycles. The lowest BCUT2D eigenvalue weighted by Gasteiger charge is -2.16. The molecule has 1 amide bonds. The predicted octanol–water partition coefficient (Wildman–Crippen LogP) is 3.78. The minimum Gasteiger partial charge on any atom is -0.490 e. The molecule has 1 N–H and O–H groups in total. The van der Waals surface area contributed by atoms with Crippen molar-refractivity contribution in [2.45, 2.75) is 19.4 Å². The average Bonchev–Trinajstić information content (AvgIpc) is 2.87. The maximum Gasteiger partial charge on any atom is 0.265 e. The molecule has 1 heterocycles. The van der Waals surface area contributed by atoms with Crippen LogP contribution in [0.2, 0.25) is 5.02 Å². The number of ether oxygens (including phenoxy) is 3. The van der Waals surface area contributed by atoms with Gasteiger partial charge < -0.3 is 19.5 Å². The van der Waals surface area contributed by atoms with Gasteiger partial charge in [0.1, 0.15) is 5.75 Å². The third-order valence-electron chi connectivity index (χ3n) is 3.76. The smallest absolute Gasteiger partial charge is 0.265 e. The summed E-state index contributed by atoms with van der Waals surface area (Å²) < 4.78 is 16.8. The number of nitriles is 1. The molecule has 1 aliphatic rings. The Bertz CT molecular complexity index is 846. The van der Waals surface area contributed by atoms with Gasteiger partial charge in [-0.25, -0.2) is 0 Å². The average molecular weight is 373 g/mol. The van der Waals surface area contributed by atoms with Gasteiger partial charge in [0.15, 0.2) is 17.6 Å². The van der Waals surface area contributed by atoms with Gasteiger partial charge >= 0.3 is 0 Å². The molecule has 0 fully saturated rings. The topological polar surface area (TPSA) is 80.6 Å². The van der Waals surface area contributed by atoms with Gasteiger partial charge in [0.2, 0.25) is 0 Å². The molecule has 6 nitrogen and oxygen atoms in total. The Morgan fingerprint density at radius 2 is 1.88 bits per heavy atom. The van der Waals surface area contributed by atoms with Crippen LogP contribution in [-0.4, -0.2) is 25.2 Å². The van der Waals surface area contributed by atoms with Gasteiger partial charge in [-0.15, -0.1) is 0 Å². The zero-order valence-corrected chi connectivity index (χ0v) is 14.9. The van der Waals surface area contributed by atoms with Crippen molar-refractivity contribution in [3.63, 3.8) is 0 Å². The number of amides is 1. The van der Waals surface area contributed by atoms with Crippen molar-refractivity contribution in [1.29, 1.82) is 5.26 Å². The van der Waals surface area contributed by atoms with Crippen molar-refractivity contribution >= 4 is 23.2 Å². The Labute approximate surface area is 156 Å². The van der Waals surface area contributed by atoms with Crippen LogP contribution in [0.15, 0.2) is 36.4 Å². The lowest BCUT2D eigenvalue weighted by atomic mass is 10.2. The summed E-state index contributed by atoms with van der Waals surface area (Å²) in [6.45, 7) is 2.73. The second-order valence-electron chi connectivity index (χ2n) is 5.71. The summed E-state index contributed by atoms with van der Waals surface area (Å²) >= 11 is 6.24. The molecule has 0 radical (unpaired) electrons. The van der Waals surface area contributed by atoms with Crippen molar-refractivity contribution in [2.75, 3.05) is 18.5 Å². The minimum absolute atomic E-state index is 0.355. The Kier molecular flexibility index (Phi) is 5.49. The summed E-state index contributed by atoms with van der Waals surface area (Å²) in [5.41, 5.74) is 0.949. The first-order valence-corrected chi connectivity index (χ1v) is 8.51. The van der Waals surface area contributed by atoms with Gasteiger partial charge in [0.25, 0.3) is 5.91 Å². The van der Waals surface area contributed by atoms with Gasteiger partial charge in [-0.1, -0.05) is 11.6 Å². The zero-order valence-electron chi connectivity index (χ0n) is 14.1. The molecule has 26 heavy (non-hydrogen) atoms. The number of hydrogen-bond donors (Lipinski definition) is 1. The van der Waals surface area contributed by atoms with E-state index in [-0.39, 0.29) is 5.91 Å². The maximum atomic E-state index is 12.4. The van der Waals surface area contributed by atoms with Crippen molar-refractivity contribution in [3.8, 4) is 23.3 Å². The third-order valence-corrected chi connectivity index (χ3v) is 4.07. The Hall–Kier alpha value is -2.91. The largest absolute Gasteiger partial charge is 0.490 e. The van der Waals surface area contributed by atoms with E-state index in [9.17, 15) is 4.79 Å². The van der Waals surface area contributed by atoms with Crippen molar-refractivity contribution in [3.05, 3.63) is 47.0 Å². The van der Waals surface area contributed by atoms with Crippen molar-refractivity contribution in [2.24, 2.45) is 0 Å².